The molecule has 0 fully saturated rings. The molecule has 0 spiro atoms. The number of aromatic nitrogens is 2. The Morgan fingerprint density at radius 2 is 2.00 bits per heavy atom. The van der Waals surface area contributed by atoms with Crippen LogP contribution < -0.4 is 4.90 Å². The molecule has 0 atom stereocenters. The van der Waals surface area contributed by atoms with Gasteiger partial charge < -0.3 is 4.90 Å². The molecule has 1 aliphatic rings. The van der Waals surface area contributed by atoms with Gasteiger partial charge in [0.1, 0.15) is 0 Å². The van der Waals surface area contributed by atoms with E-state index >= 15 is 0 Å². The molecule has 0 radical (unpaired) electrons. The summed E-state index contributed by atoms with van der Waals surface area (Å²) in [6.45, 7) is 4.13. The lowest BCUT2D eigenvalue weighted by molar-refractivity contribution is -0.112. The number of likely N-dealkylation sites (N-methyl/N-ethyl adjacent to an activating group) is 1. The molecule has 24 heavy (non-hydrogen) atoms. The van der Waals surface area contributed by atoms with Crippen LogP contribution in [0, 0.1) is 13.8 Å². The first kappa shape index (κ1) is 14.9. The number of amides is 1. The van der Waals surface area contributed by atoms with Crippen molar-refractivity contribution in [3.8, 4) is 5.13 Å². The SMILES string of the molecule is Cc1cc(/C=C2\C(=O)N(C)c3ccccc32)c(C)n1-c1nccs1. The fraction of sp³-hybridized carbons (Fsp3) is 0.158. The molecule has 0 saturated heterocycles. The molecule has 120 valence electrons. The predicted octanol–water partition coefficient (Wildman–Crippen LogP) is 4.07. The van der Waals surface area contributed by atoms with Gasteiger partial charge in [0.15, 0.2) is 5.13 Å². The van der Waals surface area contributed by atoms with E-state index in [0.29, 0.717) is 0 Å². The highest BCUT2D eigenvalue weighted by Gasteiger charge is 2.29. The van der Waals surface area contributed by atoms with Gasteiger partial charge in [-0.05, 0) is 37.6 Å². The monoisotopic (exact) mass is 335 g/mol. The topological polar surface area (TPSA) is 38.1 Å². The fourth-order valence-electron chi connectivity index (χ4n) is 3.25. The Bertz CT molecular complexity index is 967. The van der Waals surface area contributed by atoms with E-state index in [0.717, 1.165) is 38.9 Å². The third kappa shape index (κ3) is 2.12. The molecule has 1 aliphatic heterocycles. The minimum atomic E-state index is 0.0373. The molecule has 1 aromatic carbocycles. The molecule has 0 saturated carbocycles. The average Bonchev–Trinajstić information content (AvgIpc) is 3.24. The first-order valence-corrected chi connectivity index (χ1v) is 8.64. The number of anilines is 1. The number of rotatable bonds is 2. The maximum atomic E-state index is 12.6. The van der Waals surface area contributed by atoms with Gasteiger partial charge in [0.25, 0.3) is 5.91 Å². The van der Waals surface area contributed by atoms with Crippen molar-refractivity contribution in [2.75, 3.05) is 11.9 Å². The van der Waals surface area contributed by atoms with Gasteiger partial charge in [-0.1, -0.05) is 18.2 Å². The average molecular weight is 335 g/mol. The molecule has 3 aromatic rings. The highest BCUT2D eigenvalue weighted by atomic mass is 32.1. The van der Waals surface area contributed by atoms with Crippen molar-refractivity contribution in [3.63, 3.8) is 0 Å². The standard InChI is InChI=1S/C19H17N3OS/c1-12-10-14(13(2)22(12)19-20-8-9-24-19)11-16-15-6-4-5-7-17(15)21(3)18(16)23/h4-11H,1-3H3/b16-11-. The van der Waals surface area contributed by atoms with Crippen LogP contribution in [0.3, 0.4) is 0 Å². The quantitative estimate of drug-likeness (QED) is 0.662. The third-order valence-corrected chi connectivity index (χ3v) is 5.23. The van der Waals surface area contributed by atoms with Gasteiger partial charge in [-0.3, -0.25) is 9.36 Å². The number of fused-ring (bicyclic) bond motifs is 1. The maximum absolute atomic E-state index is 12.6. The highest BCUT2D eigenvalue weighted by Crippen LogP contribution is 2.37. The number of carbonyl (C=O) groups is 1. The predicted molar refractivity (Wildman–Crippen MR) is 98.6 cm³/mol. The minimum Gasteiger partial charge on any atom is -0.311 e. The van der Waals surface area contributed by atoms with Crippen LogP contribution >= 0.6 is 11.3 Å². The Labute approximate surface area is 144 Å². The van der Waals surface area contributed by atoms with E-state index in [2.05, 4.69) is 29.5 Å². The summed E-state index contributed by atoms with van der Waals surface area (Å²) in [7, 11) is 1.82. The molecule has 2 aromatic heterocycles. The van der Waals surface area contributed by atoms with E-state index < -0.39 is 0 Å². The van der Waals surface area contributed by atoms with Crippen molar-refractivity contribution in [1.29, 1.82) is 0 Å². The van der Waals surface area contributed by atoms with E-state index in [1.54, 1.807) is 16.2 Å². The molecular formula is C19H17N3OS. The Morgan fingerprint density at radius 3 is 2.75 bits per heavy atom. The molecule has 1 amide bonds. The first-order valence-electron chi connectivity index (χ1n) is 7.76. The van der Waals surface area contributed by atoms with Crippen LogP contribution in [0.1, 0.15) is 22.5 Å². The van der Waals surface area contributed by atoms with E-state index in [1.807, 2.05) is 49.0 Å². The van der Waals surface area contributed by atoms with Gasteiger partial charge in [0.2, 0.25) is 0 Å². The van der Waals surface area contributed by atoms with Crippen molar-refractivity contribution in [2.45, 2.75) is 13.8 Å². The second kappa shape index (κ2) is 5.46. The second-order valence-electron chi connectivity index (χ2n) is 5.92. The molecule has 0 N–H and O–H groups in total. The lowest BCUT2D eigenvalue weighted by Crippen LogP contribution is -2.20. The van der Waals surface area contributed by atoms with Crippen LogP contribution in [0.15, 0.2) is 41.9 Å². The summed E-state index contributed by atoms with van der Waals surface area (Å²) in [4.78, 5) is 18.8. The third-order valence-electron chi connectivity index (χ3n) is 4.47. The van der Waals surface area contributed by atoms with Crippen LogP contribution in [0.2, 0.25) is 0 Å². The molecule has 0 unspecified atom stereocenters. The summed E-state index contributed by atoms with van der Waals surface area (Å²) >= 11 is 1.61. The van der Waals surface area contributed by atoms with Crippen LogP contribution in [-0.4, -0.2) is 22.5 Å². The van der Waals surface area contributed by atoms with E-state index in [-0.39, 0.29) is 5.91 Å². The number of hydrogen-bond donors (Lipinski definition) is 0. The smallest absolute Gasteiger partial charge is 0.258 e. The summed E-state index contributed by atoms with van der Waals surface area (Å²) in [5.41, 5.74) is 5.95. The summed E-state index contributed by atoms with van der Waals surface area (Å²) in [6, 6.07) is 10.0. The maximum Gasteiger partial charge on any atom is 0.258 e. The van der Waals surface area contributed by atoms with Crippen LogP contribution in [0.5, 0.6) is 0 Å². The van der Waals surface area contributed by atoms with E-state index in [1.165, 1.54) is 0 Å². The summed E-state index contributed by atoms with van der Waals surface area (Å²) in [5.74, 6) is 0.0373. The number of nitrogens with zero attached hydrogens (tertiary/aromatic N) is 3. The molecule has 0 bridgehead atoms. The van der Waals surface area contributed by atoms with Crippen molar-refractivity contribution in [3.05, 3.63) is 64.4 Å². The second-order valence-corrected chi connectivity index (χ2v) is 6.79. The number of benzene rings is 1. The van der Waals surface area contributed by atoms with Gasteiger partial charge in [-0.25, -0.2) is 4.98 Å². The lowest BCUT2D eigenvalue weighted by Gasteiger charge is -2.08. The molecule has 4 nitrogen and oxygen atoms in total. The summed E-state index contributed by atoms with van der Waals surface area (Å²) in [5, 5.41) is 2.92. The largest absolute Gasteiger partial charge is 0.311 e. The zero-order valence-corrected chi connectivity index (χ0v) is 14.6. The normalized spacial score (nSPS) is 15.4. The zero-order valence-electron chi connectivity index (χ0n) is 13.8. The van der Waals surface area contributed by atoms with Gasteiger partial charge in [-0.15, -0.1) is 11.3 Å². The molecule has 3 heterocycles. The van der Waals surface area contributed by atoms with Crippen molar-refractivity contribution >= 4 is 34.6 Å². The Balaban J connectivity index is 1.86. The summed E-state index contributed by atoms with van der Waals surface area (Å²) < 4.78 is 2.13. The van der Waals surface area contributed by atoms with E-state index in [4.69, 9.17) is 0 Å². The molecule has 5 heteroatoms. The van der Waals surface area contributed by atoms with Crippen LogP contribution in [-0.2, 0) is 4.79 Å². The van der Waals surface area contributed by atoms with Crippen molar-refractivity contribution in [2.24, 2.45) is 0 Å². The number of hydrogen-bond acceptors (Lipinski definition) is 3. The van der Waals surface area contributed by atoms with E-state index in [9.17, 15) is 4.79 Å². The number of para-hydroxylation sites is 1. The van der Waals surface area contributed by atoms with Gasteiger partial charge in [0.05, 0.1) is 5.69 Å². The minimum absolute atomic E-state index is 0.0373. The highest BCUT2D eigenvalue weighted by molar-refractivity contribution is 7.12. The Kier molecular flexibility index (Phi) is 3.39. The van der Waals surface area contributed by atoms with Gasteiger partial charge in [-0.2, -0.15) is 0 Å². The first-order chi connectivity index (χ1) is 11.6. The van der Waals surface area contributed by atoms with Crippen molar-refractivity contribution in [1.82, 2.24) is 9.55 Å². The Hall–Kier alpha value is -2.66. The number of thiazole rings is 1. The lowest BCUT2D eigenvalue weighted by atomic mass is 10.0. The molecular weight excluding hydrogens is 318 g/mol. The number of carbonyl (C=O) groups excluding carboxylic acids is 1. The zero-order chi connectivity index (χ0) is 16.8. The van der Waals surface area contributed by atoms with Gasteiger partial charge in [0, 0.05) is 41.1 Å². The Morgan fingerprint density at radius 1 is 1.21 bits per heavy atom. The van der Waals surface area contributed by atoms with Crippen LogP contribution in [0.4, 0.5) is 5.69 Å². The van der Waals surface area contributed by atoms with Crippen LogP contribution in [0.25, 0.3) is 16.8 Å². The summed E-state index contributed by atoms with van der Waals surface area (Å²) in [6.07, 6.45) is 3.81. The molecule has 4 rings (SSSR count). The number of aryl methyl sites for hydroxylation is 1. The van der Waals surface area contributed by atoms with Gasteiger partial charge >= 0.3 is 0 Å². The molecule has 0 aliphatic carbocycles. The van der Waals surface area contributed by atoms with Crippen molar-refractivity contribution < 1.29 is 4.79 Å². The fourth-order valence-corrected chi connectivity index (χ4v) is 4.00.